The molecule has 0 aliphatic heterocycles. The Hall–Kier alpha value is -0.360. The molecule has 2 nitrogen and oxygen atoms in total. The third kappa shape index (κ3) is 4.76. The molecule has 0 aliphatic carbocycles. The van der Waals surface area contributed by atoms with Gasteiger partial charge in [-0.05, 0) is 13.0 Å². The summed E-state index contributed by atoms with van der Waals surface area (Å²) in [5, 5.41) is 0. The van der Waals surface area contributed by atoms with Crippen LogP contribution in [0.3, 0.4) is 0 Å². The SMILES string of the molecule is CCC(C(N)=S)N(CC)CC(F)(F)F. The van der Waals surface area contributed by atoms with E-state index in [4.69, 9.17) is 18.0 Å². The van der Waals surface area contributed by atoms with Gasteiger partial charge in [-0.1, -0.05) is 26.1 Å². The van der Waals surface area contributed by atoms with Crippen molar-refractivity contribution < 1.29 is 13.2 Å². The van der Waals surface area contributed by atoms with Crippen LogP contribution in [-0.2, 0) is 0 Å². The Balaban J connectivity index is 4.45. The lowest BCUT2D eigenvalue weighted by Crippen LogP contribution is -2.47. The minimum atomic E-state index is -4.20. The van der Waals surface area contributed by atoms with E-state index < -0.39 is 18.8 Å². The van der Waals surface area contributed by atoms with Gasteiger partial charge in [0.2, 0.25) is 0 Å². The number of alkyl halides is 3. The van der Waals surface area contributed by atoms with Crippen molar-refractivity contribution in [3.05, 3.63) is 0 Å². The highest BCUT2D eigenvalue weighted by Gasteiger charge is 2.33. The second-order valence-corrected chi connectivity index (χ2v) is 3.48. The Kier molecular flexibility index (Phi) is 5.36. The van der Waals surface area contributed by atoms with Gasteiger partial charge in [0.15, 0.2) is 0 Å². The van der Waals surface area contributed by atoms with Gasteiger partial charge in [0.05, 0.1) is 17.6 Å². The highest BCUT2D eigenvalue weighted by atomic mass is 32.1. The molecule has 0 aromatic rings. The average Bonchev–Trinajstić information content (AvgIpc) is 2.00. The van der Waals surface area contributed by atoms with Crippen LogP contribution in [0.25, 0.3) is 0 Å². The Morgan fingerprint density at radius 1 is 1.43 bits per heavy atom. The summed E-state index contributed by atoms with van der Waals surface area (Å²) >= 11 is 4.72. The normalized spacial score (nSPS) is 14.4. The molecule has 6 heteroatoms. The van der Waals surface area contributed by atoms with Crippen LogP contribution >= 0.6 is 12.2 Å². The van der Waals surface area contributed by atoms with E-state index in [2.05, 4.69) is 0 Å². The summed E-state index contributed by atoms with van der Waals surface area (Å²) in [5.41, 5.74) is 5.36. The van der Waals surface area contributed by atoms with E-state index in [9.17, 15) is 13.2 Å². The molecule has 0 heterocycles. The van der Waals surface area contributed by atoms with Crippen LogP contribution in [-0.4, -0.2) is 35.2 Å². The number of hydrogen-bond acceptors (Lipinski definition) is 2. The van der Waals surface area contributed by atoms with Crippen LogP contribution in [0.4, 0.5) is 13.2 Å². The monoisotopic (exact) mass is 228 g/mol. The van der Waals surface area contributed by atoms with E-state index >= 15 is 0 Å². The molecule has 2 N–H and O–H groups in total. The molecule has 0 aliphatic rings. The predicted octanol–water partition coefficient (Wildman–Crippen LogP) is 1.94. The predicted molar refractivity (Wildman–Crippen MR) is 54.2 cm³/mol. The summed E-state index contributed by atoms with van der Waals surface area (Å²) in [7, 11) is 0. The zero-order chi connectivity index (χ0) is 11.4. The fourth-order valence-corrected chi connectivity index (χ4v) is 1.63. The van der Waals surface area contributed by atoms with Gasteiger partial charge in [0, 0.05) is 0 Å². The van der Waals surface area contributed by atoms with E-state index in [0.29, 0.717) is 6.42 Å². The van der Waals surface area contributed by atoms with Crippen LogP contribution in [0.2, 0.25) is 0 Å². The van der Waals surface area contributed by atoms with Crippen molar-refractivity contribution in [3.63, 3.8) is 0 Å². The largest absolute Gasteiger partial charge is 0.401 e. The fourth-order valence-electron chi connectivity index (χ4n) is 1.31. The van der Waals surface area contributed by atoms with Crippen LogP contribution in [0.15, 0.2) is 0 Å². The van der Waals surface area contributed by atoms with Gasteiger partial charge in [-0.25, -0.2) is 0 Å². The van der Waals surface area contributed by atoms with Gasteiger partial charge in [-0.2, -0.15) is 13.2 Å². The van der Waals surface area contributed by atoms with Crippen LogP contribution in [0, 0.1) is 0 Å². The van der Waals surface area contributed by atoms with Crippen molar-refractivity contribution >= 4 is 17.2 Å². The Bertz CT molecular complexity index is 194. The van der Waals surface area contributed by atoms with Gasteiger partial charge in [0.1, 0.15) is 0 Å². The number of thiocarbonyl (C=S) groups is 1. The molecule has 0 saturated carbocycles. The number of rotatable bonds is 5. The summed E-state index contributed by atoms with van der Waals surface area (Å²) in [4.78, 5) is 1.36. The molecule has 0 amide bonds. The van der Waals surface area contributed by atoms with Crippen molar-refractivity contribution in [2.24, 2.45) is 5.73 Å². The number of nitrogens with two attached hydrogens (primary N) is 1. The highest BCUT2D eigenvalue weighted by molar-refractivity contribution is 7.80. The van der Waals surface area contributed by atoms with Gasteiger partial charge < -0.3 is 5.73 Å². The third-order valence-corrected chi connectivity index (χ3v) is 2.22. The molecule has 0 aromatic heterocycles. The number of nitrogens with zero attached hydrogens (tertiary/aromatic N) is 1. The molecule has 0 aromatic carbocycles. The first-order chi connectivity index (χ1) is 6.31. The number of likely N-dealkylation sites (N-methyl/N-ethyl adjacent to an activating group) is 1. The molecule has 0 spiro atoms. The van der Waals surface area contributed by atoms with Crippen molar-refractivity contribution in [2.75, 3.05) is 13.1 Å². The lowest BCUT2D eigenvalue weighted by Gasteiger charge is -2.29. The zero-order valence-corrected chi connectivity index (χ0v) is 9.08. The topological polar surface area (TPSA) is 29.3 Å². The average molecular weight is 228 g/mol. The first kappa shape index (κ1) is 13.6. The second-order valence-electron chi connectivity index (χ2n) is 3.00. The zero-order valence-electron chi connectivity index (χ0n) is 8.27. The first-order valence-electron chi connectivity index (χ1n) is 4.42. The summed E-state index contributed by atoms with van der Waals surface area (Å²) in [6.07, 6.45) is -3.70. The van der Waals surface area contributed by atoms with Crippen molar-refractivity contribution in [1.82, 2.24) is 4.90 Å². The van der Waals surface area contributed by atoms with Gasteiger partial charge in [0.25, 0.3) is 0 Å². The maximum Gasteiger partial charge on any atom is 0.401 e. The summed E-state index contributed by atoms with van der Waals surface area (Å²) in [6, 6.07) is -0.461. The van der Waals surface area contributed by atoms with Crippen LogP contribution in [0.1, 0.15) is 20.3 Å². The van der Waals surface area contributed by atoms with E-state index in [1.807, 2.05) is 0 Å². The summed E-state index contributed by atoms with van der Waals surface area (Å²) in [6.45, 7) is 2.75. The van der Waals surface area contributed by atoms with E-state index in [0.717, 1.165) is 0 Å². The number of halogens is 3. The van der Waals surface area contributed by atoms with Gasteiger partial charge in [-0.15, -0.1) is 0 Å². The Morgan fingerprint density at radius 3 is 2.14 bits per heavy atom. The van der Waals surface area contributed by atoms with Gasteiger partial charge in [-0.3, -0.25) is 4.90 Å². The van der Waals surface area contributed by atoms with Crippen molar-refractivity contribution in [2.45, 2.75) is 32.5 Å². The maximum absolute atomic E-state index is 12.1. The molecule has 14 heavy (non-hydrogen) atoms. The number of hydrogen-bond donors (Lipinski definition) is 1. The molecular weight excluding hydrogens is 213 g/mol. The van der Waals surface area contributed by atoms with Crippen LogP contribution < -0.4 is 5.73 Å². The Labute approximate surface area is 87.2 Å². The van der Waals surface area contributed by atoms with E-state index in [1.54, 1.807) is 13.8 Å². The molecule has 0 rings (SSSR count). The lowest BCUT2D eigenvalue weighted by molar-refractivity contribution is -0.147. The second kappa shape index (κ2) is 5.50. The lowest BCUT2D eigenvalue weighted by atomic mass is 10.2. The minimum absolute atomic E-state index is 0.124. The maximum atomic E-state index is 12.1. The standard InChI is InChI=1S/C8H15F3N2S/c1-3-6(7(12)14)13(4-2)5-8(9,10)11/h6H,3-5H2,1-2H3,(H2,12,14). The highest BCUT2D eigenvalue weighted by Crippen LogP contribution is 2.18. The van der Waals surface area contributed by atoms with Crippen molar-refractivity contribution in [3.8, 4) is 0 Å². The first-order valence-corrected chi connectivity index (χ1v) is 4.82. The molecule has 84 valence electrons. The molecule has 0 radical (unpaired) electrons. The van der Waals surface area contributed by atoms with Crippen molar-refractivity contribution in [1.29, 1.82) is 0 Å². The molecular formula is C8H15F3N2S. The van der Waals surface area contributed by atoms with Crippen LogP contribution in [0.5, 0.6) is 0 Å². The molecule has 0 saturated heterocycles. The third-order valence-electron chi connectivity index (χ3n) is 1.94. The van der Waals surface area contributed by atoms with Gasteiger partial charge >= 0.3 is 6.18 Å². The Morgan fingerprint density at radius 2 is 1.93 bits per heavy atom. The van der Waals surface area contributed by atoms with E-state index in [-0.39, 0.29) is 11.5 Å². The summed E-state index contributed by atoms with van der Waals surface area (Å²) < 4.78 is 36.4. The quantitative estimate of drug-likeness (QED) is 0.729. The molecule has 1 unspecified atom stereocenters. The smallest absolute Gasteiger partial charge is 0.392 e. The molecule has 0 bridgehead atoms. The summed E-state index contributed by atoms with van der Waals surface area (Å²) in [5.74, 6) is 0. The molecule has 1 atom stereocenters. The minimum Gasteiger partial charge on any atom is -0.392 e. The van der Waals surface area contributed by atoms with E-state index in [1.165, 1.54) is 4.90 Å². The fraction of sp³-hybridized carbons (Fsp3) is 0.875. The molecule has 0 fully saturated rings.